The van der Waals surface area contributed by atoms with Crippen LogP contribution < -0.4 is 0 Å². The lowest BCUT2D eigenvalue weighted by atomic mass is 10.0. The van der Waals surface area contributed by atoms with Gasteiger partial charge in [-0.3, -0.25) is 14.4 Å². The molecule has 0 N–H and O–H groups in total. The summed E-state index contributed by atoms with van der Waals surface area (Å²) in [5.74, 6) is -0.903. The quantitative estimate of drug-likeness (QED) is 0.0269. The highest BCUT2D eigenvalue weighted by molar-refractivity contribution is 5.71. The topological polar surface area (TPSA) is 78.9 Å². The molecule has 0 saturated heterocycles. The van der Waals surface area contributed by atoms with E-state index in [9.17, 15) is 14.4 Å². The number of hydrogen-bond donors (Lipinski definition) is 0. The molecule has 0 aliphatic rings. The highest BCUT2D eigenvalue weighted by atomic mass is 16.6. The Morgan fingerprint density at radius 3 is 1.15 bits per heavy atom. The third-order valence-electron chi connectivity index (χ3n) is 9.58. The molecule has 6 nitrogen and oxygen atoms in total. The lowest BCUT2D eigenvalue weighted by Gasteiger charge is -2.18. The predicted molar refractivity (Wildman–Crippen MR) is 224 cm³/mol. The third-order valence-corrected chi connectivity index (χ3v) is 9.58. The Balaban J connectivity index is 4.38. The molecule has 1 unspecified atom stereocenters. The number of esters is 3. The summed E-state index contributed by atoms with van der Waals surface area (Å²) in [5.41, 5.74) is 0. The van der Waals surface area contributed by atoms with Crippen LogP contribution in [-0.2, 0) is 28.6 Å². The molecule has 0 aliphatic carbocycles. The van der Waals surface area contributed by atoms with E-state index in [0.717, 1.165) is 96.3 Å². The molecule has 0 heterocycles. The largest absolute Gasteiger partial charge is 0.462 e. The number of carbonyl (C=O) groups is 3. The van der Waals surface area contributed by atoms with E-state index in [1.807, 2.05) is 0 Å². The van der Waals surface area contributed by atoms with Crippen molar-refractivity contribution < 1.29 is 28.6 Å². The SMILES string of the molecule is CCC/C=C\C/C=C\CCCCCCCC(=O)OCC(COC(=O)CCCCCCC/C=C\CCC)OC(=O)CCCCCCCCCCCCCC. The van der Waals surface area contributed by atoms with Gasteiger partial charge >= 0.3 is 17.9 Å². The molecule has 0 fully saturated rings. The van der Waals surface area contributed by atoms with Crippen molar-refractivity contribution in [3.05, 3.63) is 36.5 Å². The van der Waals surface area contributed by atoms with Crippen molar-refractivity contribution in [1.82, 2.24) is 0 Å². The van der Waals surface area contributed by atoms with Gasteiger partial charge in [0.05, 0.1) is 0 Å². The summed E-state index contributed by atoms with van der Waals surface area (Å²) in [5, 5.41) is 0. The highest BCUT2D eigenvalue weighted by Crippen LogP contribution is 2.14. The zero-order valence-electron chi connectivity index (χ0n) is 35.0. The predicted octanol–water partition coefficient (Wildman–Crippen LogP) is 14.2. The average Bonchev–Trinajstić information content (AvgIpc) is 3.15. The first-order valence-corrected chi connectivity index (χ1v) is 22.5. The van der Waals surface area contributed by atoms with Gasteiger partial charge in [-0.15, -0.1) is 0 Å². The lowest BCUT2D eigenvalue weighted by Crippen LogP contribution is -2.30. The smallest absolute Gasteiger partial charge is 0.306 e. The lowest BCUT2D eigenvalue weighted by molar-refractivity contribution is -0.167. The van der Waals surface area contributed by atoms with Crippen molar-refractivity contribution in [2.24, 2.45) is 0 Å². The zero-order chi connectivity index (χ0) is 38.7. The Kier molecular flexibility index (Phi) is 40.5. The normalized spacial score (nSPS) is 12.3. The van der Waals surface area contributed by atoms with E-state index in [1.165, 1.54) is 89.9 Å². The summed E-state index contributed by atoms with van der Waals surface area (Å²) in [6.45, 7) is 6.48. The zero-order valence-corrected chi connectivity index (χ0v) is 35.0. The maximum absolute atomic E-state index is 12.7. The number of allylic oxidation sites excluding steroid dienone is 6. The molecule has 0 aromatic rings. The summed E-state index contributed by atoms with van der Waals surface area (Å²) in [7, 11) is 0. The minimum Gasteiger partial charge on any atom is -0.462 e. The molecule has 53 heavy (non-hydrogen) atoms. The van der Waals surface area contributed by atoms with Crippen LogP contribution in [0.4, 0.5) is 0 Å². The number of carbonyl (C=O) groups excluding carboxylic acids is 3. The summed E-state index contributed by atoms with van der Waals surface area (Å²) >= 11 is 0. The van der Waals surface area contributed by atoms with Crippen LogP contribution in [-0.4, -0.2) is 37.2 Å². The molecule has 0 aliphatic heterocycles. The summed E-state index contributed by atoms with van der Waals surface area (Å²) < 4.78 is 16.7. The van der Waals surface area contributed by atoms with Gasteiger partial charge < -0.3 is 14.2 Å². The molecule has 0 aromatic carbocycles. The fraction of sp³-hybridized carbons (Fsp3) is 0.809. The molecule has 308 valence electrons. The van der Waals surface area contributed by atoms with Crippen LogP contribution in [0, 0.1) is 0 Å². The monoisotopic (exact) mass is 745 g/mol. The number of hydrogen-bond acceptors (Lipinski definition) is 6. The summed E-state index contributed by atoms with van der Waals surface area (Å²) in [6, 6.07) is 0. The first-order chi connectivity index (χ1) is 26.0. The third kappa shape index (κ3) is 40.6. The van der Waals surface area contributed by atoms with Crippen molar-refractivity contribution in [2.45, 2.75) is 232 Å². The van der Waals surface area contributed by atoms with Gasteiger partial charge in [0, 0.05) is 19.3 Å². The van der Waals surface area contributed by atoms with E-state index >= 15 is 0 Å². The number of rotatable bonds is 40. The van der Waals surface area contributed by atoms with Crippen molar-refractivity contribution in [2.75, 3.05) is 13.2 Å². The Morgan fingerprint density at radius 1 is 0.377 bits per heavy atom. The summed E-state index contributed by atoms with van der Waals surface area (Å²) in [4.78, 5) is 37.7. The molecule has 0 aromatic heterocycles. The molecule has 0 radical (unpaired) electrons. The molecular weight excluding hydrogens is 661 g/mol. The fourth-order valence-electron chi connectivity index (χ4n) is 6.19. The van der Waals surface area contributed by atoms with E-state index < -0.39 is 6.10 Å². The van der Waals surface area contributed by atoms with Crippen LogP contribution >= 0.6 is 0 Å². The maximum Gasteiger partial charge on any atom is 0.306 e. The van der Waals surface area contributed by atoms with Crippen molar-refractivity contribution in [3.63, 3.8) is 0 Å². The summed E-state index contributed by atoms with van der Waals surface area (Å²) in [6.07, 6.45) is 46.9. The molecule has 0 bridgehead atoms. The van der Waals surface area contributed by atoms with Gasteiger partial charge in [0.2, 0.25) is 0 Å². The van der Waals surface area contributed by atoms with E-state index in [2.05, 4.69) is 57.2 Å². The first-order valence-electron chi connectivity index (χ1n) is 22.5. The van der Waals surface area contributed by atoms with E-state index in [-0.39, 0.29) is 31.1 Å². The minimum atomic E-state index is -0.774. The molecular formula is C47H84O6. The van der Waals surface area contributed by atoms with Crippen LogP contribution in [0.2, 0.25) is 0 Å². The molecule has 0 saturated carbocycles. The molecule has 0 rings (SSSR count). The molecule has 0 spiro atoms. The van der Waals surface area contributed by atoms with Crippen LogP contribution in [0.3, 0.4) is 0 Å². The molecule has 1 atom stereocenters. The highest BCUT2D eigenvalue weighted by Gasteiger charge is 2.19. The second kappa shape index (κ2) is 42.4. The minimum absolute atomic E-state index is 0.0795. The van der Waals surface area contributed by atoms with Crippen molar-refractivity contribution in [3.8, 4) is 0 Å². The Bertz CT molecular complexity index is 907. The first kappa shape index (κ1) is 50.6. The van der Waals surface area contributed by atoms with Gasteiger partial charge in [0.25, 0.3) is 0 Å². The van der Waals surface area contributed by atoms with E-state index in [4.69, 9.17) is 14.2 Å². The van der Waals surface area contributed by atoms with E-state index in [1.54, 1.807) is 0 Å². The maximum atomic E-state index is 12.7. The van der Waals surface area contributed by atoms with Crippen LogP contribution in [0.15, 0.2) is 36.5 Å². The van der Waals surface area contributed by atoms with Crippen molar-refractivity contribution >= 4 is 17.9 Å². The van der Waals surface area contributed by atoms with Gasteiger partial charge in [0.1, 0.15) is 13.2 Å². The second-order valence-electron chi connectivity index (χ2n) is 15.0. The second-order valence-corrected chi connectivity index (χ2v) is 15.0. The Labute approximate surface area is 327 Å². The molecule has 6 heteroatoms. The van der Waals surface area contributed by atoms with Crippen molar-refractivity contribution in [1.29, 1.82) is 0 Å². The Hall–Kier alpha value is -2.37. The average molecular weight is 745 g/mol. The van der Waals surface area contributed by atoms with Gasteiger partial charge in [0.15, 0.2) is 6.10 Å². The van der Waals surface area contributed by atoms with Crippen LogP contribution in [0.1, 0.15) is 226 Å². The number of unbranched alkanes of at least 4 members (excludes halogenated alkanes) is 23. The van der Waals surface area contributed by atoms with Crippen LogP contribution in [0.5, 0.6) is 0 Å². The number of ether oxygens (including phenoxy) is 3. The van der Waals surface area contributed by atoms with Gasteiger partial charge in [-0.2, -0.15) is 0 Å². The van der Waals surface area contributed by atoms with Gasteiger partial charge in [-0.25, -0.2) is 0 Å². The standard InChI is InChI=1S/C47H84O6/c1-4-7-10-13-16-19-22-24-26-28-31-34-37-40-46(49)52-43-44(42-51-45(48)39-36-33-30-27-21-18-15-12-9-6-3)53-47(50)41-38-35-32-29-25-23-20-17-14-11-8-5-2/h10,12-13,15,19,22,44H,4-9,11,14,16-18,20-21,23-43H2,1-3H3/b13-10-,15-12-,22-19-. The Morgan fingerprint density at radius 2 is 0.717 bits per heavy atom. The fourth-order valence-corrected chi connectivity index (χ4v) is 6.19. The van der Waals surface area contributed by atoms with Gasteiger partial charge in [-0.1, -0.05) is 179 Å². The van der Waals surface area contributed by atoms with E-state index in [0.29, 0.717) is 19.3 Å². The van der Waals surface area contributed by atoms with Crippen LogP contribution in [0.25, 0.3) is 0 Å². The molecule has 0 amide bonds. The van der Waals surface area contributed by atoms with Gasteiger partial charge in [-0.05, 0) is 64.2 Å².